The van der Waals surface area contributed by atoms with Gasteiger partial charge in [0.15, 0.2) is 17.5 Å². The molecule has 0 radical (unpaired) electrons. The van der Waals surface area contributed by atoms with E-state index in [0.717, 1.165) is 60.9 Å². The van der Waals surface area contributed by atoms with E-state index in [0.29, 0.717) is 17.5 Å². The molecular weight excluding hydrogens is 755 g/mol. The van der Waals surface area contributed by atoms with Gasteiger partial charge in [-0.05, 0) is 85.0 Å². The van der Waals surface area contributed by atoms with E-state index < -0.39 is 5.41 Å². The lowest BCUT2D eigenvalue weighted by Crippen LogP contribution is -2.26. The van der Waals surface area contributed by atoms with Gasteiger partial charge < -0.3 is 4.42 Å². The van der Waals surface area contributed by atoms with Crippen LogP contribution in [0.3, 0.4) is 0 Å². The average Bonchev–Trinajstić information content (AvgIpc) is 3.98. The molecule has 0 amide bonds. The molecule has 13 rings (SSSR count). The molecule has 0 bridgehead atoms. The number of fused-ring (bicyclic) bond motifs is 13. The van der Waals surface area contributed by atoms with Crippen molar-refractivity contribution < 1.29 is 4.42 Å². The lowest BCUT2D eigenvalue weighted by Gasteiger charge is -2.32. The van der Waals surface area contributed by atoms with Gasteiger partial charge in [-0.3, -0.25) is 0 Å². The van der Waals surface area contributed by atoms with Gasteiger partial charge in [-0.25, -0.2) is 15.0 Å². The van der Waals surface area contributed by atoms with Crippen LogP contribution < -0.4 is 0 Å². The van der Waals surface area contributed by atoms with Crippen LogP contribution >= 0.6 is 0 Å². The average molecular weight is 790 g/mol. The molecule has 9 aromatic carbocycles. The van der Waals surface area contributed by atoms with Crippen LogP contribution in [0.25, 0.3) is 101 Å². The Hall–Kier alpha value is -8.21. The van der Waals surface area contributed by atoms with Crippen LogP contribution in [0.1, 0.15) is 22.3 Å². The largest absolute Gasteiger partial charge is 0.456 e. The van der Waals surface area contributed by atoms with Gasteiger partial charge in [-0.1, -0.05) is 194 Å². The standard InChI is InChI=1S/C58H35N3O/c1-2-15-37(16-3-1)55-59-56(38-31-29-36(30-32-38)39-33-34-45-44-21-9-13-28-52(44)62-53(45)35-39)61-57(60-55)48-22-5-4-17-40(48)46-23-14-24-47-43-20-8-12-27-51(43)58(54(46)47)49-25-10-6-18-41(49)42-19-7-11-26-50(42)58/h1-35H. The summed E-state index contributed by atoms with van der Waals surface area (Å²) in [5.74, 6) is 1.86. The smallest absolute Gasteiger partial charge is 0.164 e. The Morgan fingerprint density at radius 2 is 0.742 bits per heavy atom. The van der Waals surface area contributed by atoms with E-state index in [9.17, 15) is 0 Å². The van der Waals surface area contributed by atoms with Crippen molar-refractivity contribution in [3.63, 3.8) is 0 Å². The minimum atomic E-state index is -0.501. The second-order valence-electron chi connectivity index (χ2n) is 16.2. The molecule has 0 fully saturated rings. The van der Waals surface area contributed by atoms with Gasteiger partial charge in [0.25, 0.3) is 0 Å². The molecule has 0 atom stereocenters. The second kappa shape index (κ2) is 13.4. The first-order valence-electron chi connectivity index (χ1n) is 21.1. The molecule has 62 heavy (non-hydrogen) atoms. The summed E-state index contributed by atoms with van der Waals surface area (Å²) in [6, 6.07) is 75.6. The third-order valence-electron chi connectivity index (χ3n) is 13.0. The van der Waals surface area contributed by atoms with Crippen LogP contribution in [0.15, 0.2) is 217 Å². The number of furan rings is 1. The highest BCUT2D eigenvalue weighted by molar-refractivity contribution is 6.06. The van der Waals surface area contributed by atoms with E-state index in [-0.39, 0.29) is 0 Å². The first kappa shape index (κ1) is 34.6. The number of para-hydroxylation sites is 1. The number of benzene rings is 9. The maximum absolute atomic E-state index is 6.23. The molecular formula is C58H35N3O. The van der Waals surface area contributed by atoms with E-state index in [1.165, 1.54) is 44.5 Å². The Morgan fingerprint density at radius 1 is 0.290 bits per heavy atom. The highest BCUT2D eigenvalue weighted by atomic mass is 16.3. The van der Waals surface area contributed by atoms with E-state index >= 15 is 0 Å². The zero-order chi connectivity index (χ0) is 40.8. The third-order valence-corrected chi connectivity index (χ3v) is 13.0. The summed E-state index contributed by atoms with van der Waals surface area (Å²) >= 11 is 0. The SMILES string of the molecule is c1ccc(-c2nc(-c3ccc(-c4ccc5c(c4)oc4ccccc45)cc3)nc(-c3ccccc3-c3cccc4c3C3(c5ccccc5-c5ccccc53)c3ccccc3-4)n2)cc1. The van der Waals surface area contributed by atoms with Crippen LogP contribution in [0.4, 0.5) is 0 Å². The van der Waals surface area contributed by atoms with Crippen molar-refractivity contribution in [1.29, 1.82) is 0 Å². The van der Waals surface area contributed by atoms with Crippen molar-refractivity contribution in [2.24, 2.45) is 0 Å². The molecule has 4 heteroatoms. The highest BCUT2D eigenvalue weighted by Crippen LogP contribution is 2.64. The quantitative estimate of drug-likeness (QED) is 0.174. The van der Waals surface area contributed by atoms with Crippen molar-refractivity contribution in [2.75, 3.05) is 0 Å². The summed E-state index contributed by atoms with van der Waals surface area (Å²) in [6.45, 7) is 0. The Labute approximate surface area is 358 Å². The Balaban J connectivity index is 0.984. The number of aromatic nitrogens is 3. The van der Waals surface area contributed by atoms with E-state index in [1.807, 2.05) is 30.3 Å². The zero-order valence-electron chi connectivity index (χ0n) is 33.5. The number of rotatable bonds is 5. The summed E-state index contributed by atoms with van der Waals surface area (Å²) in [5, 5.41) is 2.24. The molecule has 11 aromatic rings. The number of nitrogens with zero attached hydrogens (tertiary/aromatic N) is 3. The summed E-state index contributed by atoms with van der Waals surface area (Å²) in [4.78, 5) is 15.7. The van der Waals surface area contributed by atoms with E-state index in [4.69, 9.17) is 19.4 Å². The molecule has 2 aromatic heterocycles. The molecule has 2 aliphatic rings. The van der Waals surface area contributed by atoms with E-state index in [1.54, 1.807) is 0 Å². The fourth-order valence-electron chi connectivity index (χ4n) is 10.4. The molecule has 2 aliphatic carbocycles. The summed E-state index contributed by atoms with van der Waals surface area (Å²) in [6.07, 6.45) is 0. The van der Waals surface area contributed by atoms with Crippen LogP contribution in [0, 0.1) is 0 Å². The monoisotopic (exact) mass is 789 g/mol. The Kier molecular flexibility index (Phi) is 7.49. The zero-order valence-corrected chi connectivity index (χ0v) is 33.5. The van der Waals surface area contributed by atoms with E-state index in [2.05, 4.69) is 182 Å². The van der Waals surface area contributed by atoms with Gasteiger partial charge in [-0.15, -0.1) is 0 Å². The van der Waals surface area contributed by atoms with Crippen LogP contribution in [-0.4, -0.2) is 15.0 Å². The van der Waals surface area contributed by atoms with Gasteiger partial charge in [0.1, 0.15) is 11.2 Å². The lowest BCUT2D eigenvalue weighted by molar-refractivity contribution is 0.669. The number of hydrogen-bond acceptors (Lipinski definition) is 4. The first-order valence-corrected chi connectivity index (χ1v) is 21.1. The van der Waals surface area contributed by atoms with Crippen molar-refractivity contribution >= 4 is 21.9 Å². The molecule has 0 saturated carbocycles. The van der Waals surface area contributed by atoms with Crippen LogP contribution in [-0.2, 0) is 5.41 Å². The summed E-state index contributed by atoms with van der Waals surface area (Å²) in [7, 11) is 0. The molecule has 2 heterocycles. The molecule has 0 unspecified atom stereocenters. The number of hydrogen-bond donors (Lipinski definition) is 0. The van der Waals surface area contributed by atoms with Crippen LogP contribution in [0.2, 0.25) is 0 Å². The molecule has 4 nitrogen and oxygen atoms in total. The minimum Gasteiger partial charge on any atom is -0.456 e. The predicted molar refractivity (Wildman–Crippen MR) is 251 cm³/mol. The maximum Gasteiger partial charge on any atom is 0.164 e. The fraction of sp³-hybridized carbons (Fsp3) is 0.0172. The lowest BCUT2D eigenvalue weighted by atomic mass is 9.68. The predicted octanol–water partition coefficient (Wildman–Crippen LogP) is 14.4. The molecule has 288 valence electrons. The topological polar surface area (TPSA) is 51.8 Å². The van der Waals surface area contributed by atoms with Crippen molar-refractivity contribution in [3.05, 3.63) is 235 Å². The fourth-order valence-corrected chi connectivity index (χ4v) is 10.4. The van der Waals surface area contributed by atoms with Gasteiger partial charge in [-0.2, -0.15) is 0 Å². The summed E-state index contributed by atoms with van der Waals surface area (Å²) in [5.41, 5.74) is 18.8. The van der Waals surface area contributed by atoms with Crippen molar-refractivity contribution in [2.45, 2.75) is 5.41 Å². The molecule has 0 N–H and O–H groups in total. The maximum atomic E-state index is 6.23. The molecule has 1 spiro atoms. The summed E-state index contributed by atoms with van der Waals surface area (Å²) < 4.78 is 6.23. The minimum absolute atomic E-state index is 0.501. The molecule has 0 aliphatic heterocycles. The first-order chi connectivity index (χ1) is 30.7. The van der Waals surface area contributed by atoms with Crippen LogP contribution in [0.5, 0.6) is 0 Å². The highest BCUT2D eigenvalue weighted by Gasteiger charge is 2.52. The normalized spacial score (nSPS) is 13.0. The Morgan fingerprint density at radius 3 is 1.42 bits per heavy atom. The van der Waals surface area contributed by atoms with Crippen molar-refractivity contribution in [1.82, 2.24) is 15.0 Å². The molecule has 0 saturated heterocycles. The van der Waals surface area contributed by atoms with Gasteiger partial charge in [0.05, 0.1) is 5.41 Å². The Bertz CT molecular complexity index is 3520. The van der Waals surface area contributed by atoms with Gasteiger partial charge in [0, 0.05) is 27.5 Å². The second-order valence-corrected chi connectivity index (χ2v) is 16.2. The van der Waals surface area contributed by atoms with Gasteiger partial charge >= 0.3 is 0 Å². The third kappa shape index (κ3) is 4.98. The van der Waals surface area contributed by atoms with Crippen molar-refractivity contribution in [3.8, 4) is 78.7 Å². The van der Waals surface area contributed by atoms with Gasteiger partial charge in [0.2, 0.25) is 0 Å².